The maximum Gasteiger partial charge on any atom is 0.338 e. The summed E-state index contributed by atoms with van der Waals surface area (Å²) in [6, 6.07) is 15.9. The molecule has 1 N–H and O–H groups in total. The van der Waals surface area contributed by atoms with Crippen LogP contribution in [0.2, 0.25) is 0 Å². The molecule has 0 fully saturated rings. The van der Waals surface area contributed by atoms with E-state index in [9.17, 15) is 9.59 Å². The van der Waals surface area contributed by atoms with Gasteiger partial charge >= 0.3 is 5.97 Å². The zero-order valence-electron chi connectivity index (χ0n) is 15.0. The number of anilines is 1. The highest BCUT2D eigenvalue weighted by atomic mass is 16.5. The third kappa shape index (κ3) is 4.97. The minimum Gasteiger partial charge on any atom is -0.459 e. The maximum absolute atomic E-state index is 12.2. The zero-order chi connectivity index (χ0) is 19.2. The molecular formula is C19H19N5O3. The summed E-state index contributed by atoms with van der Waals surface area (Å²) in [5.41, 5.74) is 1.81. The Bertz CT molecular complexity index is 920. The number of nitrogens with one attached hydrogen (secondary N) is 1. The molecule has 3 aromatic rings. The van der Waals surface area contributed by atoms with E-state index in [-0.39, 0.29) is 18.6 Å². The number of nitrogens with zero attached hydrogens (tertiary/aromatic N) is 4. The van der Waals surface area contributed by atoms with Crippen molar-refractivity contribution in [1.82, 2.24) is 20.2 Å². The predicted octanol–water partition coefficient (Wildman–Crippen LogP) is 2.54. The quantitative estimate of drug-likeness (QED) is 0.674. The van der Waals surface area contributed by atoms with E-state index in [0.717, 1.165) is 5.56 Å². The first kappa shape index (κ1) is 18.2. The molecule has 0 aliphatic heterocycles. The van der Waals surface area contributed by atoms with Crippen molar-refractivity contribution in [2.75, 3.05) is 5.32 Å². The lowest BCUT2D eigenvalue weighted by molar-refractivity contribution is -0.117. The van der Waals surface area contributed by atoms with E-state index in [4.69, 9.17) is 4.74 Å². The molecule has 0 bridgehead atoms. The van der Waals surface area contributed by atoms with Crippen LogP contribution in [0.25, 0.3) is 11.4 Å². The number of hydrogen-bond acceptors (Lipinski definition) is 6. The summed E-state index contributed by atoms with van der Waals surface area (Å²) in [5.74, 6) is -0.246. The van der Waals surface area contributed by atoms with Crippen LogP contribution in [0.4, 0.5) is 5.69 Å². The van der Waals surface area contributed by atoms with Gasteiger partial charge in [0.05, 0.1) is 11.7 Å². The van der Waals surface area contributed by atoms with E-state index in [1.54, 1.807) is 38.1 Å². The molecule has 0 saturated carbocycles. The molecule has 138 valence electrons. The number of hydrogen-bond donors (Lipinski definition) is 1. The minimum absolute atomic E-state index is 0.0724. The number of aromatic nitrogens is 4. The van der Waals surface area contributed by atoms with Crippen LogP contribution >= 0.6 is 0 Å². The lowest BCUT2D eigenvalue weighted by atomic mass is 10.2. The Labute approximate surface area is 156 Å². The Balaban J connectivity index is 1.58. The van der Waals surface area contributed by atoms with Crippen molar-refractivity contribution < 1.29 is 14.3 Å². The van der Waals surface area contributed by atoms with Crippen molar-refractivity contribution in [3.63, 3.8) is 0 Å². The number of ether oxygens (including phenoxy) is 1. The highest BCUT2D eigenvalue weighted by Crippen LogP contribution is 2.13. The zero-order valence-corrected chi connectivity index (χ0v) is 15.0. The van der Waals surface area contributed by atoms with E-state index in [0.29, 0.717) is 17.1 Å². The average molecular weight is 365 g/mol. The number of benzene rings is 2. The van der Waals surface area contributed by atoms with Gasteiger partial charge in [0.15, 0.2) is 0 Å². The van der Waals surface area contributed by atoms with Crippen molar-refractivity contribution >= 4 is 17.6 Å². The van der Waals surface area contributed by atoms with Crippen LogP contribution in [0.5, 0.6) is 0 Å². The summed E-state index contributed by atoms with van der Waals surface area (Å²) in [6.07, 6.45) is -0.187. The molecule has 3 rings (SSSR count). The molecule has 1 amide bonds. The van der Waals surface area contributed by atoms with E-state index < -0.39 is 5.97 Å². The first-order valence-corrected chi connectivity index (χ1v) is 8.45. The van der Waals surface area contributed by atoms with Crippen LogP contribution in [-0.4, -0.2) is 38.2 Å². The first-order valence-electron chi connectivity index (χ1n) is 8.45. The maximum atomic E-state index is 12.2. The number of carbonyl (C=O) groups is 2. The van der Waals surface area contributed by atoms with Crippen LogP contribution < -0.4 is 5.32 Å². The predicted molar refractivity (Wildman–Crippen MR) is 98.9 cm³/mol. The highest BCUT2D eigenvalue weighted by Gasteiger charge is 2.11. The molecule has 1 aromatic heterocycles. The van der Waals surface area contributed by atoms with Gasteiger partial charge in [0.2, 0.25) is 11.7 Å². The van der Waals surface area contributed by atoms with Gasteiger partial charge in [-0.05, 0) is 43.3 Å². The third-order valence-electron chi connectivity index (χ3n) is 3.52. The molecule has 0 spiro atoms. The van der Waals surface area contributed by atoms with Crippen molar-refractivity contribution in [3.05, 3.63) is 60.2 Å². The lowest BCUT2D eigenvalue weighted by Crippen LogP contribution is -2.20. The fourth-order valence-electron chi connectivity index (χ4n) is 2.31. The number of tetrazole rings is 1. The van der Waals surface area contributed by atoms with Crippen LogP contribution in [0, 0.1) is 0 Å². The van der Waals surface area contributed by atoms with Gasteiger partial charge < -0.3 is 10.1 Å². The molecule has 0 atom stereocenters. The molecule has 0 aliphatic rings. The molecule has 2 aromatic carbocycles. The molecule has 1 heterocycles. The van der Waals surface area contributed by atoms with Gasteiger partial charge in [0, 0.05) is 11.3 Å². The highest BCUT2D eigenvalue weighted by molar-refractivity contribution is 5.93. The fourth-order valence-corrected chi connectivity index (χ4v) is 2.31. The van der Waals surface area contributed by atoms with Gasteiger partial charge in [-0.2, -0.15) is 4.80 Å². The largest absolute Gasteiger partial charge is 0.459 e. The van der Waals surface area contributed by atoms with E-state index in [1.165, 1.54) is 4.80 Å². The van der Waals surface area contributed by atoms with Crippen LogP contribution in [0.1, 0.15) is 24.2 Å². The normalized spacial score (nSPS) is 10.6. The molecule has 8 heteroatoms. The van der Waals surface area contributed by atoms with Crippen molar-refractivity contribution in [2.45, 2.75) is 26.5 Å². The van der Waals surface area contributed by atoms with Crippen LogP contribution in [0.3, 0.4) is 0 Å². The Morgan fingerprint density at radius 3 is 2.44 bits per heavy atom. The Kier molecular flexibility index (Phi) is 5.55. The SMILES string of the molecule is CC(C)OC(=O)c1ccc(NC(=O)Cn2nnc(-c3ccccc3)n2)cc1. The second kappa shape index (κ2) is 8.22. The van der Waals surface area contributed by atoms with Crippen LogP contribution in [0.15, 0.2) is 54.6 Å². The molecule has 0 aliphatic carbocycles. The van der Waals surface area contributed by atoms with Gasteiger partial charge in [0.25, 0.3) is 0 Å². The Morgan fingerprint density at radius 2 is 1.78 bits per heavy atom. The average Bonchev–Trinajstić information content (AvgIpc) is 3.11. The summed E-state index contributed by atoms with van der Waals surface area (Å²) in [7, 11) is 0. The second-order valence-corrected chi connectivity index (χ2v) is 6.09. The standard InChI is InChI=1S/C19H19N5O3/c1-13(2)27-19(26)15-8-10-16(11-9-15)20-17(25)12-24-22-18(21-23-24)14-6-4-3-5-7-14/h3-11,13H,12H2,1-2H3,(H,20,25). The van der Waals surface area contributed by atoms with E-state index in [1.807, 2.05) is 30.3 Å². The number of esters is 1. The smallest absolute Gasteiger partial charge is 0.338 e. The molecule has 0 saturated heterocycles. The van der Waals surface area contributed by atoms with E-state index >= 15 is 0 Å². The number of amides is 1. The third-order valence-corrected chi connectivity index (χ3v) is 3.52. The fraction of sp³-hybridized carbons (Fsp3) is 0.211. The van der Waals surface area contributed by atoms with Crippen molar-refractivity contribution in [2.24, 2.45) is 0 Å². The van der Waals surface area contributed by atoms with Gasteiger partial charge in [-0.1, -0.05) is 30.3 Å². The molecule has 8 nitrogen and oxygen atoms in total. The molecule has 0 unspecified atom stereocenters. The Hall–Kier alpha value is -3.55. The van der Waals surface area contributed by atoms with Crippen molar-refractivity contribution in [3.8, 4) is 11.4 Å². The summed E-state index contributed by atoms with van der Waals surface area (Å²) in [5, 5.41) is 14.8. The summed E-state index contributed by atoms with van der Waals surface area (Å²) < 4.78 is 5.12. The van der Waals surface area contributed by atoms with Gasteiger partial charge in [-0.15, -0.1) is 10.2 Å². The molecule has 0 radical (unpaired) electrons. The monoisotopic (exact) mass is 365 g/mol. The van der Waals surface area contributed by atoms with E-state index in [2.05, 4.69) is 20.7 Å². The summed E-state index contributed by atoms with van der Waals surface area (Å²) >= 11 is 0. The van der Waals surface area contributed by atoms with Gasteiger partial charge in [0.1, 0.15) is 6.54 Å². The van der Waals surface area contributed by atoms with Gasteiger partial charge in [-0.25, -0.2) is 4.79 Å². The van der Waals surface area contributed by atoms with Crippen molar-refractivity contribution in [1.29, 1.82) is 0 Å². The van der Waals surface area contributed by atoms with Gasteiger partial charge in [-0.3, -0.25) is 4.79 Å². The van der Waals surface area contributed by atoms with Crippen LogP contribution in [-0.2, 0) is 16.1 Å². The second-order valence-electron chi connectivity index (χ2n) is 6.09. The topological polar surface area (TPSA) is 99.0 Å². The lowest BCUT2D eigenvalue weighted by Gasteiger charge is -2.09. The summed E-state index contributed by atoms with van der Waals surface area (Å²) in [6.45, 7) is 3.50. The first-order chi connectivity index (χ1) is 13.0. The Morgan fingerprint density at radius 1 is 1.07 bits per heavy atom. The number of carbonyl (C=O) groups excluding carboxylic acids is 2. The molecular weight excluding hydrogens is 346 g/mol. The minimum atomic E-state index is -0.400. The number of rotatable bonds is 6. The molecule has 27 heavy (non-hydrogen) atoms. The summed E-state index contributed by atoms with van der Waals surface area (Å²) in [4.78, 5) is 25.2.